The maximum absolute atomic E-state index is 5.58. The minimum absolute atomic E-state index is 0.335. The molecule has 0 spiro atoms. The molecule has 3 aromatic rings. The second-order valence-corrected chi connectivity index (χ2v) is 6.97. The number of benzene rings is 1. The van der Waals surface area contributed by atoms with Gasteiger partial charge in [0.1, 0.15) is 0 Å². The third-order valence-electron chi connectivity index (χ3n) is 5.40. The number of hydrogen-bond donors (Lipinski definition) is 1. The molecule has 1 saturated heterocycles. The Labute approximate surface area is 148 Å². The van der Waals surface area contributed by atoms with Crippen LogP contribution >= 0.6 is 0 Å². The first-order chi connectivity index (χ1) is 12.1. The molecule has 1 aliphatic rings. The van der Waals surface area contributed by atoms with Gasteiger partial charge in [0.15, 0.2) is 5.76 Å². The van der Waals surface area contributed by atoms with Crippen LogP contribution in [-0.2, 0) is 6.54 Å². The molecule has 1 fully saturated rings. The monoisotopic (exact) mass is 336 g/mol. The van der Waals surface area contributed by atoms with Crippen molar-refractivity contribution in [2.75, 3.05) is 6.54 Å². The molecule has 0 aliphatic carbocycles. The van der Waals surface area contributed by atoms with Crippen molar-refractivity contribution in [3.63, 3.8) is 0 Å². The van der Waals surface area contributed by atoms with Gasteiger partial charge in [0.25, 0.3) is 0 Å². The number of likely N-dealkylation sites (tertiary alicyclic amines) is 1. The second-order valence-electron chi connectivity index (χ2n) is 6.97. The molecule has 0 amide bonds. The third-order valence-corrected chi connectivity index (χ3v) is 5.40. The zero-order valence-corrected chi connectivity index (χ0v) is 15.0. The van der Waals surface area contributed by atoms with Crippen LogP contribution in [0.5, 0.6) is 0 Å². The number of aryl methyl sites for hydroxylation is 2. The number of aromatic nitrogens is 3. The first-order valence-corrected chi connectivity index (χ1v) is 8.90. The molecule has 1 atom stereocenters. The standard InChI is InChI=1S/C20H24N4O/c1-13-7-4-5-8-16(13)12-24-10-6-9-18(24)19-17(11-21-22-19)20-14(2)15(3)23-25-20/h4-5,7-8,11,18H,6,9-10,12H2,1-3H3,(H,21,22)/t18-/m0/s1. The van der Waals surface area contributed by atoms with Crippen molar-refractivity contribution in [3.8, 4) is 11.3 Å². The molecule has 0 bridgehead atoms. The predicted molar refractivity (Wildman–Crippen MR) is 97.1 cm³/mol. The maximum Gasteiger partial charge on any atom is 0.173 e. The summed E-state index contributed by atoms with van der Waals surface area (Å²) in [5, 5.41) is 11.7. The fourth-order valence-corrected chi connectivity index (χ4v) is 3.75. The van der Waals surface area contributed by atoms with Crippen molar-refractivity contribution in [1.29, 1.82) is 0 Å². The Bertz CT molecular complexity index is 879. The molecule has 3 heterocycles. The molecule has 25 heavy (non-hydrogen) atoms. The van der Waals surface area contributed by atoms with E-state index in [4.69, 9.17) is 4.52 Å². The summed E-state index contributed by atoms with van der Waals surface area (Å²) in [6.45, 7) is 8.28. The first kappa shape index (κ1) is 16.1. The Morgan fingerprint density at radius 1 is 1.24 bits per heavy atom. The molecule has 5 heteroatoms. The summed E-state index contributed by atoms with van der Waals surface area (Å²) in [6.07, 6.45) is 4.20. The average Bonchev–Trinajstić information content (AvgIpc) is 3.31. The van der Waals surface area contributed by atoms with Crippen LogP contribution in [0.15, 0.2) is 35.0 Å². The van der Waals surface area contributed by atoms with E-state index in [2.05, 4.69) is 58.4 Å². The molecule has 5 nitrogen and oxygen atoms in total. The number of rotatable bonds is 4. The molecule has 0 saturated carbocycles. The van der Waals surface area contributed by atoms with E-state index in [0.29, 0.717) is 6.04 Å². The highest BCUT2D eigenvalue weighted by Gasteiger charge is 2.31. The first-order valence-electron chi connectivity index (χ1n) is 8.90. The Kier molecular flexibility index (Phi) is 4.17. The summed E-state index contributed by atoms with van der Waals surface area (Å²) in [5.41, 5.74) is 6.95. The van der Waals surface area contributed by atoms with Crippen LogP contribution in [0.25, 0.3) is 11.3 Å². The van der Waals surface area contributed by atoms with Crippen LogP contribution in [0.3, 0.4) is 0 Å². The smallest absolute Gasteiger partial charge is 0.173 e. The Morgan fingerprint density at radius 3 is 2.84 bits per heavy atom. The average molecular weight is 336 g/mol. The number of H-pyrrole nitrogens is 1. The van der Waals surface area contributed by atoms with Gasteiger partial charge < -0.3 is 4.52 Å². The minimum Gasteiger partial charge on any atom is -0.356 e. The van der Waals surface area contributed by atoms with E-state index in [1.54, 1.807) is 0 Å². The molecular formula is C20H24N4O. The van der Waals surface area contributed by atoms with Gasteiger partial charge >= 0.3 is 0 Å². The van der Waals surface area contributed by atoms with E-state index in [-0.39, 0.29) is 0 Å². The lowest BCUT2D eigenvalue weighted by Gasteiger charge is -2.25. The van der Waals surface area contributed by atoms with Gasteiger partial charge in [-0.1, -0.05) is 29.4 Å². The largest absolute Gasteiger partial charge is 0.356 e. The lowest BCUT2D eigenvalue weighted by atomic mass is 10.0. The van der Waals surface area contributed by atoms with E-state index < -0.39 is 0 Å². The van der Waals surface area contributed by atoms with Gasteiger partial charge in [0.05, 0.1) is 29.2 Å². The number of hydrogen-bond acceptors (Lipinski definition) is 4. The number of nitrogens with one attached hydrogen (secondary N) is 1. The van der Waals surface area contributed by atoms with Crippen molar-refractivity contribution in [1.82, 2.24) is 20.3 Å². The molecule has 2 aromatic heterocycles. The van der Waals surface area contributed by atoms with Gasteiger partial charge in [-0.2, -0.15) is 5.10 Å². The predicted octanol–water partition coefficient (Wildman–Crippen LogP) is 4.33. The molecule has 4 rings (SSSR count). The van der Waals surface area contributed by atoms with E-state index in [0.717, 1.165) is 47.8 Å². The van der Waals surface area contributed by atoms with Gasteiger partial charge in [0, 0.05) is 12.1 Å². The highest BCUT2D eigenvalue weighted by atomic mass is 16.5. The van der Waals surface area contributed by atoms with Crippen LogP contribution < -0.4 is 0 Å². The fraction of sp³-hybridized carbons (Fsp3) is 0.400. The van der Waals surface area contributed by atoms with E-state index in [1.165, 1.54) is 17.5 Å². The van der Waals surface area contributed by atoms with E-state index in [1.807, 2.05) is 13.1 Å². The van der Waals surface area contributed by atoms with E-state index >= 15 is 0 Å². The second kappa shape index (κ2) is 6.48. The highest BCUT2D eigenvalue weighted by molar-refractivity contribution is 5.64. The fourth-order valence-electron chi connectivity index (χ4n) is 3.75. The van der Waals surface area contributed by atoms with Gasteiger partial charge in [0.2, 0.25) is 0 Å². The summed E-state index contributed by atoms with van der Waals surface area (Å²) >= 11 is 0. The van der Waals surface area contributed by atoms with Crippen LogP contribution in [-0.4, -0.2) is 26.8 Å². The quantitative estimate of drug-likeness (QED) is 0.770. The Balaban J connectivity index is 1.65. The Morgan fingerprint density at radius 2 is 2.08 bits per heavy atom. The molecule has 1 N–H and O–H groups in total. The van der Waals surface area contributed by atoms with Crippen molar-refractivity contribution in [3.05, 3.63) is 58.5 Å². The van der Waals surface area contributed by atoms with Gasteiger partial charge in [-0.25, -0.2) is 0 Å². The summed E-state index contributed by atoms with van der Waals surface area (Å²) < 4.78 is 5.58. The minimum atomic E-state index is 0.335. The van der Waals surface area contributed by atoms with Crippen molar-refractivity contribution < 1.29 is 4.52 Å². The van der Waals surface area contributed by atoms with Gasteiger partial charge in [-0.3, -0.25) is 10.00 Å². The highest BCUT2D eigenvalue weighted by Crippen LogP contribution is 2.38. The lowest BCUT2D eigenvalue weighted by Crippen LogP contribution is -2.23. The molecule has 0 radical (unpaired) electrons. The number of nitrogens with zero attached hydrogens (tertiary/aromatic N) is 3. The normalized spacial score (nSPS) is 18.1. The van der Waals surface area contributed by atoms with Crippen molar-refractivity contribution >= 4 is 0 Å². The van der Waals surface area contributed by atoms with Crippen LogP contribution in [0, 0.1) is 20.8 Å². The summed E-state index contributed by atoms with van der Waals surface area (Å²) in [7, 11) is 0. The van der Waals surface area contributed by atoms with Crippen LogP contribution in [0.2, 0.25) is 0 Å². The van der Waals surface area contributed by atoms with Crippen LogP contribution in [0.1, 0.15) is 47.0 Å². The summed E-state index contributed by atoms with van der Waals surface area (Å²) in [5.74, 6) is 0.837. The Hall–Kier alpha value is -2.40. The van der Waals surface area contributed by atoms with E-state index in [9.17, 15) is 0 Å². The van der Waals surface area contributed by atoms with Gasteiger partial charge in [-0.05, 0) is 51.3 Å². The SMILES string of the molecule is Cc1ccccc1CN1CCC[C@H]1c1[nH]ncc1-c1onc(C)c1C. The zero-order valence-electron chi connectivity index (χ0n) is 15.0. The third kappa shape index (κ3) is 2.89. The maximum atomic E-state index is 5.58. The lowest BCUT2D eigenvalue weighted by molar-refractivity contribution is 0.244. The van der Waals surface area contributed by atoms with Crippen LogP contribution in [0.4, 0.5) is 0 Å². The van der Waals surface area contributed by atoms with Gasteiger partial charge in [-0.15, -0.1) is 0 Å². The van der Waals surface area contributed by atoms with Crippen molar-refractivity contribution in [2.45, 2.75) is 46.2 Å². The molecule has 130 valence electrons. The molecule has 0 unspecified atom stereocenters. The zero-order chi connectivity index (χ0) is 17.4. The topological polar surface area (TPSA) is 58.0 Å². The molecular weight excluding hydrogens is 312 g/mol. The number of aromatic amines is 1. The molecule has 1 aromatic carbocycles. The molecule has 1 aliphatic heterocycles. The summed E-state index contributed by atoms with van der Waals surface area (Å²) in [6, 6.07) is 8.96. The van der Waals surface area contributed by atoms with Crippen molar-refractivity contribution in [2.24, 2.45) is 0 Å². The summed E-state index contributed by atoms with van der Waals surface area (Å²) in [4.78, 5) is 2.54.